The fourth-order valence-electron chi connectivity index (χ4n) is 2.62. The Kier molecular flexibility index (Phi) is 4.87. The number of rotatable bonds is 5. The summed E-state index contributed by atoms with van der Waals surface area (Å²) in [5.41, 5.74) is 10.5. The number of nitrogens with zero attached hydrogens (tertiary/aromatic N) is 6. The summed E-state index contributed by atoms with van der Waals surface area (Å²) in [6, 6.07) is 11.4. The first kappa shape index (κ1) is 18.5. The topological polar surface area (TPSA) is 137 Å². The third kappa shape index (κ3) is 3.75. The van der Waals surface area contributed by atoms with Gasteiger partial charge in [0.05, 0.1) is 6.21 Å². The molecule has 146 valence electrons. The summed E-state index contributed by atoms with van der Waals surface area (Å²) in [5.74, 6) is -0.350. The highest BCUT2D eigenvalue weighted by atomic mass is 32.1. The molecule has 3 N–H and O–H groups in total. The van der Waals surface area contributed by atoms with Gasteiger partial charge in [-0.3, -0.25) is 4.79 Å². The van der Waals surface area contributed by atoms with Crippen LogP contribution in [0.3, 0.4) is 0 Å². The lowest BCUT2D eigenvalue weighted by atomic mass is 10.1. The van der Waals surface area contributed by atoms with Gasteiger partial charge >= 0.3 is 0 Å². The normalized spacial score (nSPS) is 11.2. The van der Waals surface area contributed by atoms with Crippen molar-refractivity contribution in [2.24, 2.45) is 5.10 Å². The molecule has 4 rings (SSSR count). The van der Waals surface area contributed by atoms with Gasteiger partial charge in [0.15, 0.2) is 5.69 Å². The molecule has 0 saturated carbocycles. The third-order valence-electron chi connectivity index (χ3n) is 4.03. The van der Waals surface area contributed by atoms with Crippen molar-refractivity contribution >= 4 is 29.3 Å². The van der Waals surface area contributed by atoms with Gasteiger partial charge in [-0.05, 0) is 36.3 Å². The van der Waals surface area contributed by atoms with E-state index in [0.29, 0.717) is 11.3 Å². The second kappa shape index (κ2) is 7.64. The van der Waals surface area contributed by atoms with Crippen LogP contribution in [0.2, 0.25) is 0 Å². The van der Waals surface area contributed by atoms with Crippen molar-refractivity contribution in [2.75, 3.05) is 5.73 Å². The Morgan fingerprint density at radius 3 is 2.66 bits per heavy atom. The Balaban J connectivity index is 1.70. The van der Waals surface area contributed by atoms with Gasteiger partial charge in [-0.2, -0.15) is 9.78 Å². The van der Waals surface area contributed by atoms with E-state index < -0.39 is 5.91 Å². The van der Waals surface area contributed by atoms with E-state index in [1.165, 1.54) is 4.68 Å². The molecule has 0 unspecified atom stereocenters. The smallest absolute Gasteiger partial charge is 0.294 e. The van der Waals surface area contributed by atoms with E-state index in [2.05, 4.69) is 35.8 Å². The summed E-state index contributed by atoms with van der Waals surface area (Å²) in [6.45, 7) is 3.96. The Labute approximate surface area is 169 Å². The van der Waals surface area contributed by atoms with Crippen LogP contribution in [-0.4, -0.2) is 37.4 Å². The molecule has 0 radical (unpaired) electrons. The Morgan fingerprint density at radius 1 is 1.21 bits per heavy atom. The maximum Gasteiger partial charge on any atom is 0.294 e. The molecule has 0 bridgehead atoms. The molecule has 0 aliphatic rings. The average molecular weight is 408 g/mol. The molecular formula is C18H16N8O2S. The number of anilines is 1. The lowest BCUT2D eigenvalue weighted by Crippen LogP contribution is -2.19. The molecule has 0 aliphatic carbocycles. The summed E-state index contributed by atoms with van der Waals surface area (Å²) < 4.78 is 5.98. The van der Waals surface area contributed by atoms with Crippen LogP contribution in [-0.2, 0) is 0 Å². The quantitative estimate of drug-likeness (QED) is 0.382. The monoisotopic (exact) mass is 408 g/mol. The number of nitrogen functional groups attached to an aromatic ring is 1. The first-order valence-electron chi connectivity index (χ1n) is 8.54. The van der Waals surface area contributed by atoms with Gasteiger partial charge in [0.2, 0.25) is 11.6 Å². The van der Waals surface area contributed by atoms with E-state index in [0.717, 1.165) is 15.3 Å². The minimum absolute atomic E-state index is 0.0290. The molecule has 0 spiro atoms. The van der Waals surface area contributed by atoms with E-state index in [9.17, 15) is 4.79 Å². The molecule has 1 aromatic carbocycles. The molecule has 0 fully saturated rings. The van der Waals surface area contributed by atoms with Crippen molar-refractivity contribution in [3.05, 3.63) is 57.4 Å². The van der Waals surface area contributed by atoms with Crippen molar-refractivity contribution in [1.82, 2.24) is 30.7 Å². The van der Waals surface area contributed by atoms with Crippen molar-refractivity contribution in [3.63, 3.8) is 0 Å². The van der Waals surface area contributed by atoms with E-state index in [-0.39, 0.29) is 17.3 Å². The summed E-state index contributed by atoms with van der Waals surface area (Å²) in [5, 5.41) is 19.4. The third-order valence-corrected chi connectivity index (χ3v) is 4.96. The molecule has 4 aromatic rings. The number of carbonyl (C=O) groups is 1. The first-order valence-corrected chi connectivity index (χ1v) is 9.35. The zero-order chi connectivity index (χ0) is 20.4. The number of aromatic nitrogens is 5. The highest BCUT2D eigenvalue weighted by Gasteiger charge is 2.25. The zero-order valence-corrected chi connectivity index (χ0v) is 16.3. The number of benzene rings is 1. The second-order valence-corrected chi connectivity index (χ2v) is 7.50. The number of nitrogens with one attached hydrogen (secondary N) is 1. The van der Waals surface area contributed by atoms with Crippen LogP contribution in [0.1, 0.15) is 25.8 Å². The number of hydrazone groups is 1. The van der Waals surface area contributed by atoms with E-state index >= 15 is 0 Å². The second-order valence-electron chi connectivity index (χ2n) is 6.19. The lowest BCUT2D eigenvalue weighted by molar-refractivity contribution is 0.0950. The molecule has 10 nitrogen and oxygen atoms in total. The molecule has 3 aromatic heterocycles. The van der Waals surface area contributed by atoms with Gasteiger partial charge in [-0.15, -0.1) is 16.4 Å². The number of carbonyl (C=O) groups excluding carboxylic acids is 1. The highest BCUT2D eigenvalue weighted by Crippen LogP contribution is 2.26. The molecular weight excluding hydrogens is 392 g/mol. The number of hydrogen-bond donors (Lipinski definition) is 2. The average Bonchev–Trinajstić information content (AvgIpc) is 3.42. The Bertz CT molecular complexity index is 1190. The fourth-order valence-corrected chi connectivity index (χ4v) is 3.37. The van der Waals surface area contributed by atoms with Crippen LogP contribution in [0.15, 0.2) is 46.1 Å². The summed E-state index contributed by atoms with van der Waals surface area (Å²) in [6.07, 6.45) is 1.57. The van der Waals surface area contributed by atoms with Gasteiger partial charge in [0.25, 0.3) is 5.91 Å². The van der Waals surface area contributed by atoms with Gasteiger partial charge in [-0.1, -0.05) is 35.0 Å². The zero-order valence-electron chi connectivity index (χ0n) is 15.5. The van der Waals surface area contributed by atoms with E-state index in [4.69, 9.17) is 5.73 Å². The Hall–Kier alpha value is -3.86. The molecule has 29 heavy (non-hydrogen) atoms. The number of aryl methyl sites for hydroxylation is 2. The number of amides is 1. The van der Waals surface area contributed by atoms with Crippen LogP contribution in [0.4, 0.5) is 5.82 Å². The molecule has 1 amide bonds. The highest BCUT2D eigenvalue weighted by molar-refractivity contribution is 7.13. The van der Waals surface area contributed by atoms with Gasteiger partial charge in [0.1, 0.15) is 5.69 Å². The van der Waals surface area contributed by atoms with Crippen molar-refractivity contribution < 1.29 is 9.42 Å². The van der Waals surface area contributed by atoms with E-state index in [1.54, 1.807) is 17.6 Å². The summed E-state index contributed by atoms with van der Waals surface area (Å²) >= 11 is 1.57. The SMILES string of the molecule is Cc1ccc(-c2c(C(=O)N/N=C/c3ccc(C)s3)nnn2-c2nonc2N)cc1. The molecule has 11 heteroatoms. The lowest BCUT2D eigenvalue weighted by Gasteiger charge is -2.06. The fraction of sp³-hybridized carbons (Fsp3) is 0.111. The standard InChI is InChI=1S/C18H16N8O2S/c1-10-3-6-12(7-4-10)15-14(21-25-26(15)17-16(19)23-28-24-17)18(27)22-20-9-13-8-5-11(2)29-13/h3-9H,1-2H3,(H2,19,23)(H,22,27)/b20-9+. The van der Waals surface area contributed by atoms with Crippen molar-refractivity contribution in [2.45, 2.75) is 13.8 Å². The molecule has 0 saturated heterocycles. The van der Waals surface area contributed by atoms with Crippen LogP contribution in [0, 0.1) is 13.8 Å². The number of hydrogen-bond acceptors (Lipinski definition) is 9. The van der Waals surface area contributed by atoms with Crippen molar-refractivity contribution in [3.8, 4) is 17.1 Å². The minimum Gasteiger partial charge on any atom is -0.378 e. The number of thiophene rings is 1. The van der Waals surface area contributed by atoms with E-state index in [1.807, 2.05) is 50.2 Å². The van der Waals surface area contributed by atoms with Crippen LogP contribution in [0.25, 0.3) is 17.1 Å². The van der Waals surface area contributed by atoms with Gasteiger partial charge in [0, 0.05) is 15.3 Å². The van der Waals surface area contributed by atoms with Gasteiger partial charge < -0.3 is 5.73 Å². The number of nitrogens with two attached hydrogens (primary N) is 1. The van der Waals surface area contributed by atoms with Crippen LogP contribution < -0.4 is 11.2 Å². The largest absolute Gasteiger partial charge is 0.378 e. The van der Waals surface area contributed by atoms with Crippen LogP contribution >= 0.6 is 11.3 Å². The predicted molar refractivity (Wildman–Crippen MR) is 108 cm³/mol. The van der Waals surface area contributed by atoms with Crippen LogP contribution in [0.5, 0.6) is 0 Å². The minimum atomic E-state index is -0.522. The maximum atomic E-state index is 12.7. The predicted octanol–water partition coefficient (Wildman–Crippen LogP) is 2.34. The van der Waals surface area contributed by atoms with Crippen molar-refractivity contribution in [1.29, 1.82) is 0 Å². The maximum absolute atomic E-state index is 12.7. The molecule has 0 aliphatic heterocycles. The summed E-state index contributed by atoms with van der Waals surface area (Å²) in [4.78, 5) is 14.8. The molecule has 0 atom stereocenters. The Morgan fingerprint density at radius 2 is 2.00 bits per heavy atom. The molecule has 3 heterocycles. The van der Waals surface area contributed by atoms with Gasteiger partial charge in [-0.25, -0.2) is 10.1 Å². The summed E-state index contributed by atoms with van der Waals surface area (Å²) in [7, 11) is 0. The first-order chi connectivity index (χ1) is 14.0.